The van der Waals surface area contributed by atoms with Gasteiger partial charge in [-0.1, -0.05) is 48.0 Å². The van der Waals surface area contributed by atoms with Gasteiger partial charge in [-0.15, -0.1) is 6.58 Å². The fourth-order valence-corrected chi connectivity index (χ4v) is 3.74. The number of allylic oxidation sites excluding steroid dienone is 1. The SMILES string of the molecule is C=CCc1ccccc1OCc1ccc(C(=O)Nc2nn(Cc3ccc(Cl)cc3)cc2Br)o1. The molecule has 6 nitrogen and oxygen atoms in total. The van der Waals surface area contributed by atoms with E-state index in [-0.39, 0.29) is 12.4 Å². The number of anilines is 1. The molecule has 0 fully saturated rings. The molecule has 2 aromatic carbocycles. The van der Waals surface area contributed by atoms with E-state index >= 15 is 0 Å². The van der Waals surface area contributed by atoms with Crippen molar-refractivity contribution in [3.63, 3.8) is 0 Å². The van der Waals surface area contributed by atoms with Crippen molar-refractivity contribution >= 4 is 39.3 Å². The third-order valence-corrected chi connectivity index (χ3v) is 5.63. The summed E-state index contributed by atoms with van der Waals surface area (Å²) in [7, 11) is 0. The smallest absolute Gasteiger partial charge is 0.292 e. The number of hydrogen-bond donors (Lipinski definition) is 1. The van der Waals surface area contributed by atoms with Gasteiger partial charge in [0, 0.05) is 11.2 Å². The third kappa shape index (κ3) is 5.94. The van der Waals surface area contributed by atoms with Crippen molar-refractivity contribution in [1.82, 2.24) is 9.78 Å². The lowest BCUT2D eigenvalue weighted by Gasteiger charge is -2.08. The number of aromatic nitrogens is 2. The number of carbonyl (C=O) groups is 1. The molecule has 0 saturated carbocycles. The summed E-state index contributed by atoms with van der Waals surface area (Å²) in [5, 5.41) is 7.88. The van der Waals surface area contributed by atoms with E-state index in [4.69, 9.17) is 20.8 Å². The van der Waals surface area contributed by atoms with Gasteiger partial charge >= 0.3 is 0 Å². The van der Waals surface area contributed by atoms with E-state index in [0.717, 1.165) is 16.9 Å². The highest BCUT2D eigenvalue weighted by Gasteiger charge is 2.16. The van der Waals surface area contributed by atoms with Crippen LogP contribution in [-0.2, 0) is 19.6 Å². The summed E-state index contributed by atoms with van der Waals surface area (Å²) >= 11 is 9.38. The van der Waals surface area contributed by atoms with Crippen LogP contribution in [-0.4, -0.2) is 15.7 Å². The molecular weight excluding hydrogens is 506 g/mol. The predicted molar refractivity (Wildman–Crippen MR) is 132 cm³/mol. The fourth-order valence-electron chi connectivity index (χ4n) is 3.20. The minimum absolute atomic E-state index is 0.173. The van der Waals surface area contributed by atoms with Gasteiger partial charge in [-0.3, -0.25) is 9.48 Å². The van der Waals surface area contributed by atoms with Crippen LogP contribution in [0.15, 0.2) is 88.4 Å². The molecule has 2 heterocycles. The van der Waals surface area contributed by atoms with E-state index in [1.807, 2.05) is 54.6 Å². The first-order valence-corrected chi connectivity index (χ1v) is 11.4. The summed E-state index contributed by atoms with van der Waals surface area (Å²) in [5.41, 5.74) is 2.08. The molecule has 8 heteroatoms. The Hall–Kier alpha value is -3.29. The highest BCUT2D eigenvalue weighted by atomic mass is 79.9. The van der Waals surface area contributed by atoms with Crippen molar-refractivity contribution < 1.29 is 13.9 Å². The quantitative estimate of drug-likeness (QED) is 0.253. The maximum atomic E-state index is 12.7. The molecule has 0 bridgehead atoms. The molecule has 4 rings (SSSR count). The van der Waals surface area contributed by atoms with Crippen LogP contribution in [0, 0.1) is 0 Å². The van der Waals surface area contributed by atoms with Crippen molar-refractivity contribution in [2.24, 2.45) is 0 Å². The standard InChI is InChI=1S/C25H21BrClN3O3/c1-2-5-18-6-3-4-7-22(18)32-16-20-12-13-23(33-20)25(31)28-24-21(26)15-30(29-24)14-17-8-10-19(27)11-9-17/h2-4,6-13,15H,1,5,14,16H2,(H,28,29,31). The van der Waals surface area contributed by atoms with Gasteiger partial charge in [-0.05, 0) is 63.8 Å². The van der Waals surface area contributed by atoms with E-state index in [9.17, 15) is 4.79 Å². The molecule has 4 aromatic rings. The van der Waals surface area contributed by atoms with E-state index < -0.39 is 5.91 Å². The average molecular weight is 527 g/mol. The molecular formula is C25H21BrClN3O3. The monoisotopic (exact) mass is 525 g/mol. The van der Waals surface area contributed by atoms with Crippen LogP contribution in [0.5, 0.6) is 5.75 Å². The Balaban J connectivity index is 1.37. The number of rotatable bonds is 9. The van der Waals surface area contributed by atoms with Gasteiger partial charge in [-0.2, -0.15) is 5.10 Å². The zero-order valence-electron chi connectivity index (χ0n) is 17.6. The Labute approximate surface area is 205 Å². The summed E-state index contributed by atoms with van der Waals surface area (Å²) in [6.45, 7) is 4.52. The first-order chi connectivity index (χ1) is 16.0. The first-order valence-electron chi connectivity index (χ1n) is 10.2. The van der Waals surface area contributed by atoms with Crippen molar-refractivity contribution in [3.05, 3.63) is 112 Å². The summed E-state index contributed by atoms with van der Waals surface area (Å²) in [5.74, 6) is 1.48. The second kappa shape index (κ2) is 10.6. The number of carbonyl (C=O) groups excluding carboxylic acids is 1. The Bertz CT molecular complexity index is 1260. The molecule has 168 valence electrons. The Kier molecular flexibility index (Phi) is 7.32. The number of amides is 1. The van der Waals surface area contributed by atoms with E-state index in [0.29, 0.717) is 34.0 Å². The normalized spacial score (nSPS) is 10.7. The number of benzene rings is 2. The molecule has 1 N–H and O–H groups in total. The van der Waals surface area contributed by atoms with Crippen molar-refractivity contribution in [2.75, 3.05) is 5.32 Å². The van der Waals surface area contributed by atoms with Gasteiger partial charge in [0.1, 0.15) is 18.1 Å². The van der Waals surface area contributed by atoms with Gasteiger partial charge in [-0.25, -0.2) is 0 Å². The van der Waals surface area contributed by atoms with Crippen molar-refractivity contribution in [3.8, 4) is 5.75 Å². The molecule has 0 spiro atoms. The molecule has 0 saturated heterocycles. The molecule has 0 radical (unpaired) electrons. The molecule has 0 aliphatic rings. The highest BCUT2D eigenvalue weighted by Crippen LogP contribution is 2.23. The zero-order chi connectivity index (χ0) is 23.2. The minimum atomic E-state index is -0.397. The predicted octanol–water partition coefficient (Wildman–Crippen LogP) is 6.50. The number of furan rings is 1. The third-order valence-electron chi connectivity index (χ3n) is 4.80. The zero-order valence-corrected chi connectivity index (χ0v) is 20.0. The van der Waals surface area contributed by atoms with Gasteiger partial charge in [0.15, 0.2) is 11.6 Å². The molecule has 33 heavy (non-hydrogen) atoms. The van der Waals surface area contributed by atoms with E-state index in [2.05, 4.69) is 32.9 Å². The molecule has 0 aliphatic carbocycles. The van der Waals surface area contributed by atoms with Crippen LogP contribution in [0.2, 0.25) is 5.02 Å². The van der Waals surface area contributed by atoms with Crippen LogP contribution in [0.25, 0.3) is 0 Å². The highest BCUT2D eigenvalue weighted by molar-refractivity contribution is 9.10. The summed E-state index contributed by atoms with van der Waals surface area (Å²) < 4.78 is 13.9. The summed E-state index contributed by atoms with van der Waals surface area (Å²) in [6.07, 6.45) is 4.33. The number of nitrogens with zero attached hydrogens (tertiary/aromatic N) is 2. The van der Waals surface area contributed by atoms with Gasteiger partial charge < -0.3 is 14.5 Å². The van der Waals surface area contributed by atoms with E-state index in [1.165, 1.54) is 0 Å². The maximum absolute atomic E-state index is 12.7. The van der Waals surface area contributed by atoms with Gasteiger partial charge in [0.25, 0.3) is 5.91 Å². The van der Waals surface area contributed by atoms with Crippen LogP contribution < -0.4 is 10.1 Å². The molecule has 2 aromatic heterocycles. The maximum Gasteiger partial charge on any atom is 0.292 e. The van der Waals surface area contributed by atoms with Crippen molar-refractivity contribution in [1.29, 1.82) is 0 Å². The first kappa shape index (κ1) is 22.9. The Morgan fingerprint density at radius 1 is 1.18 bits per heavy atom. The Morgan fingerprint density at radius 3 is 2.76 bits per heavy atom. The lowest BCUT2D eigenvalue weighted by molar-refractivity contribution is 0.0992. The van der Waals surface area contributed by atoms with Crippen LogP contribution in [0.4, 0.5) is 5.82 Å². The van der Waals surface area contributed by atoms with Crippen molar-refractivity contribution in [2.45, 2.75) is 19.6 Å². The number of ether oxygens (including phenoxy) is 1. The molecule has 0 aliphatic heterocycles. The number of nitrogens with one attached hydrogen (secondary N) is 1. The molecule has 1 amide bonds. The number of halogens is 2. The Morgan fingerprint density at radius 2 is 1.97 bits per heavy atom. The number of hydrogen-bond acceptors (Lipinski definition) is 4. The molecule has 0 atom stereocenters. The summed E-state index contributed by atoms with van der Waals surface area (Å²) in [4.78, 5) is 12.7. The average Bonchev–Trinajstić information content (AvgIpc) is 3.42. The lowest BCUT2D eigenvalue weighted by atomic mass is 10.1. The van der Waals surface area contributed by atoms with Crippen LogP contribution in [0.1, 0.15) is 27.4 Å². The van der Waals surface area contributed by atoms with E-state index in [1.54, 1.807) is 23.0 Å². The van der Waals surface area contributed by atoms with Gasteiger partial charge in [0.05, 0.1) is 11.0 Å². The summed E-state index contributed by atoms with van der Waals surface area (Å²) in [6, 6.07) is 18.6. The fraction of sp³-hybridized carbons (Fsp3) is 0.120. The van der Waals surface area contributed by atoms with Crippen LogP contribution in [0.3, 0.4) is 0 Å². The molecule has 0 unspecified atom stereocenters. The number of para-hydroxylation sites is 1. The van der Waals surface area contributed by atoms with Crippen LogP contribution >= 0.6 is 27.5 Å². The largest absolute Gasteiger partial charge is 0.485 e. The second-order valence-electron chi connectivity index (χ2n) is 7.26. The lowest BCUT2D eigenvalue weighted by Crippen LogP contribution is -2.12. The minimum Gasteiger partial charge on any atom is -0.485 e. The van der Waals surface area contributed by atoms with Gasteiger partial charge in [0.2, 0.25) is 0 Å². The second-order valence-corrected chi connectivity index (χ2v) is 8.55. The topological polar surface area (TPSA) is 69.3 Å².